The van der Waals surface area contributed by atoms with E-state index < -0.39 is 24.2 Å². The molecular weight excluding hydrogens is 238 g/mol. The van der Waals surface area contributed by atoms with Gasteiger partial charge in [0.1, 0.15) is 11.8 Å². The number of cyclic esters (lactones) is 1. The van der Waals surface area contributed by atoms with Crippen molar-refractivity contribution in [3.63, 3.8) is 0 Å². The molecule has 1 aromatic carbocycles. The molecule has 1 aliphatic rings. The van der Waals surface area contributed by atoms with Crippen molar-refractivity contribution < 1.29 is 23.8 Å². The van der Waals surface area contributed by atoms with Crippen molar-refractivity contribution in [3.05, 3.63) is 29.8 Å². The van der Waals surface area contributed by atoms with E-state index in [4.69, 9.17) is 9.47 Å². The van der Waals surface area contributed by atoms with Crippen LogP contribution in [0.3, 0.4) is 0 Å². The van der Waals surface area contributed by atoms with Crippen LogP contribution in [-0.2, 0) is 14.3 Å². The summed E-state index contributed by atoms with van der Waals surface area (Å²) in [6.45, 7) is 0. The van der Waals surface area contributed by atoms with Gasteiger partial charge >= 0.3 is 12.1 Å². The van der Waals surface area contributed by atoms with Crippen LogP contribution in [0.5, 0.6) is 5.75 Å². The molecule has 1 N–H and O–H groups in total. The number of carbonyl (C=O) groups is 2. The van der Waals surface area contributed by atoms with E-state index in [-0.39, 0.29) is 0 Å². The van der Waals surface area contributed by atoms with Gasteiger partial charge in [-0.2, -0.15) is 0 Å². The molecule has 0 spiro atoms. The zero-order chi connectivity index (χ0) is 13.1. The second-order valence-electron chi connectivity index (χ2n) is 3.74. The summed E-state index contributed by atoms with van der Waals surface area (Å²) in [7, 11) is 2.81. The maximum atomic E-state index is 11.5. The highest BCUT2D eigenvalue weighted by Gasteiger charge is 2.41. The molecule has 1 fully saturated rings. The van der Waals surface area contributed by atoms with Crippen LogP contribution < -0.4 is 10.1 Å². The molecule has 1 amide bonds. The summed E-state index contributed by atoms with van der Waals surface area (Å²) in [6.07, 6.45) is -1.60. The number of nitrogens with one attached hydrogen (secondary N) is 1. The largest absolute Gasteiger partial charge is 0.497 e. The lowest BCUT2D eigenvalue weighted by molar-refractivity contribution is -0.149. The molecule has 2 rings (SSSR count). The summed E-state index contributed by atoms with van der Waals surface area (Å²) in [5.41, 5.74) is 0.747. The van der Waals surface area contributed by atoms with Crippen LogP contribution in [0.1, 0.15) is 11.6 Å². The summed E-state index contributed by atoms with van der Waals surface area (Å²) in [5.74, 6) is 0.104. The maximum absolute atomic E-state index is 11.5. The number of methoxy groups -OCH3 is 2. The first-order chi connectivity index (χ1) is 8.65. The number of alkyl carbamates (subject to hydrolysis) is 1. The van der Waals surface area contributed by atoms with E-state index in [1.54, 1.807) is 31.4 Å². The Bertz CT molecular complexity index is 456. The Kier molecular flexibility index (Phi) is 3.36. The Morgan fingerprint density at radius 1 is 1.28 bits per heavy atom. The second-order valence-corrected chi connectivity index (χ2v) is 3.74. The molecule has 18 heavy (non-hydrogen) atoms. The molecule has 0 aromatic heterocycles. The fourth-order valence-corrected chi connectivity index (χ4v) is 1.79. The molecule has 1 saturated heterocycles. The van der Waals surface area contributed by atoms with Crippen molar-refractivity contribution in [1.82, 2.24) is 5.32 Å². The third kappa shape index (κ3) is 2.22. The summed E-state index contributed by atoms with van der Waals surface area (Å²) in [4.78, 5) is 22.7. The van der Waals surface area contributed by atoms with Gasteiger partial charge in [-0.1, -0.05) is 12.1 Å². The van der Waals surface area contributed by atoms with Gasteiger partial charge in [0, 0.05) is 0 Å². The van der Waals surface area contributed by atoms with Gasteiger partial charge in [0.2, 0.25) is 6.10 Å². The summed E-state index contributed by atoms with van der Waals surface area (Å²) >= 11 is 0. The van der Waals surface area contributed by atoms with Gasteiger partial charge in [-0.15, -0.1) is 0 Å². The van der Waals surface area contributed by atoms with Crippen molar-refractivity contribution in [2.75, 3.05) is 14.2 Å². The monoisotopic (exact) mass is 251 g/mol. The first-order valence-corrected chi connectivity index (χ1v) is 5.34. The molecule has 0 saturated carbocycles. The number of benzene rings is 1. The quantitative estimate of drug-likeness (QED) is 0.812. The van der Waals surface area contributed by atoms with Crippen LogP contribution in [0.25, 0.3) is 0 Å². The number of carbonyl (C=O) groups excluding carboxylic acids is 2. The molecule has 0 aliphatic carbocycles. The third-order valence-corrected chi connectivity index (χ3v) is 2.72. The van der Waals surface area contributed by atoms with E-state index >= 15 is 0 Å². The Morgan fingerprint density at radius 3 is 2.50 bits per heavy atom. The normalized spacial score (nSPS) is 22.0. The Labute approximate surface area is 104 Å². The van der Waals surface area contributed by atoms with Crippen molar-refractivity contribution in [2.45, 2.75) is 12.1 Å². The molecule has 2 atom stereocenters. The van der Waals surface area contributed by atoms with Crippen molar-refractivity contribution in [2.24, 2.45) is 0 Å². The minimum atomic E-state index is -0.962. The fourth-order valence-electron chi connectivity index (χ4n) is 1.79. The fraction of sp³-hybridized carbons (Fsp3) is 0.333. The van der Waals surface area contributed by atoms with Gasteiger partial charge < -0.3 is 19.5 Å². The van der Waals surface area contributed by atoms with Gasteiger partial charge in [0.25, 0.3) is 0 Å². The zero-order valence-corrected chi connectivity index (χ0v) is 10.0. The van der Waals surface area contributed by atoms with E-state index in [0.29, 0.717) is 5.75 Å². The summed E-state index contributed by atoms with van der Waals surface area (Å²) in [6, 6.07) is 6.46. The Balaban J connectivity index is 2.23. The first kappa shape index (κ1) is 12.2. The average molecular weight is 251 g/mol. The van der Waals surface area contributed by atoms with Crippen LogP contribution in [0.15, 0.2) is 24.3 Å². The van der Waals surface area contributed by atoms with Gasteiger partial charge in [0.15, 0.2) is 0 Å². The highest BCUT2D eigenvalue weighted by Crippen LogP contribution is 2.27. The van der Waals surface area contributed by atoms with Crippen molar-refractivity contribution >= 4 is 12.1 Å². The highest BCUT2D eigenvalue weighted by atomic mass is 16.6. The minimum absolute atomic E-state index is 0.546. The third-order valence-electron chi connectivity index (χ3n) is 2.72. The minimum Gasteiger partial charge on any atom is -0.497 e. The molecule has 1 heterocycles. The van der Waals surface area contributed by atoms with Crippen molar-refractivity contribution in [3.8, 4) is 5.75 Å². The van der Waals surface area contributed by atoms with Gasteiger partial charge in [0.05, 0.1) is 14.2 Å². The predicted octanol–water partition coefficient (Wildman–Crippen LogP) is 1.02. The van der Waals surface area contributed by atoms with Crippen LogP contribution in [0, 0.1) is 0 Å². The molecule has 1 aliphatic heterocycles. The van der Waals surface area contributed by atoms with E-state index in [1.807, 2.05) is 0 Å². The Hall–Kier alpha value is -2.24. The topological polar surface area (TPSA) is 73.9 Å². The average Bonchev–Trinajstić information content (AvgIpc) is 2.80. The molecule has 0 unspecified atom stereocenters. The van der Waals surface area contributed by atoms with Crippen LogP contribution >= 0.6 is 0 Å². The number of amides is 1. The molecular formula is C12H13NO5. The Morgan fingerprint density at radius 2 is 1.94 bits per heavy atom. The molecule has 96 valence electrons. The number of hydrogen-bond donors (Lipinski definition) is 1. The van der Waals surface area contributed by atoms with Gasteiger partial charge in [-0.05, 0) is 17.7 Å². The number of hydrogen-bond acceptors (Lipinski definition) is 5. The SMILES string of the molecule is COC(=O)[C@@H]1OC(=O)N[C@H]1c1ccc(OC)cc1. The van der Waals surface area contributed by atoms with E-state index in [0.717, 1.165) is 5.56 Å². The summed E-state index contributed by atoms with van der Waals surface area (Å²) < 4.78 is 14.5. The predicted molar refractivity (Wildman–Crippen MR) is 61.2 cm³/mol. The maximum Gasteiger partial charge on any atom is 0.408 e. The molecule has 6 nitrogen and oxygen atoms in total. The van der Waals surface area contributed by atoms with E-state index in [1.165, 1.54) is 7.11 Å². The molecule has 1 aromatic rings. The smallest absolute Gasteiger partial charge is 0.408 e. The number of esters is 1. The van der Waals surface area contributed by atoms with Gasteiger partial charge in [-0.25, -0.2) is 9.59 Å². The second kappa shape index (κ2) is 4.95. The standard InChI is InChI=1S/C12H13NO5/c1-16-8-5-3-7(4-6-8)9-10(11(14)17-2)18-12(15)13-9/h3-6,9-10H,1-2H3,(H,13,15)/t9-,10+/m0/s1. The lowest BCUT2D eigenvalue weighted by atomic mass is 10.0. The number of rotatable bonds is 3. The van der Waals surface area contributed by atoms with Gasteiger partial charge in [-0.3, -0.25) is 0 Å². The van der Waals surface area contributed by atoms with E-state index in [2.05, 4.69) is 10.1 Å². The molecule has 0 bridgehead atoms. The lowest BCUT2D eigenvalue weighted by Gasteiger charge is -2.15. The van der Waals surface area contributed by atoms with Crippen molar-refractivity contribution in [1.29, 1.82) is 0 Å². The lowest BCUT2D eigenvalue weighted by Crippen LogP contribution is -2.30. The van der Waals surface area contributed by atoms with E-state index in [9.17, 15) is 9.59 Å². The van der Waals surface area contributed by atoms with Crippen LogP contribution in [-0.4, -0.2) is 32.4 Å². The molecule has 0 radical (unpaired) electrons. The van der Waals surface area contributed by atoms with Crippen LogP contribution in [0.4, 0.5) is 4.79 Å². The van der Waals surface area contributed by atoms with Crippen LogP contribution in [0.2, 0.25) is 0 Å². The number of ether oxygens (including phenoxy) is 3. The first-order valence-electron chi connectivity index (χ1n) is 5.34. The molecule has 6 heteroatoms. The zero-order valence-electron chi connectivity index (χ0n) is 10.0. The summed E-state index contributed by atoms with van der Waals surface area (Å²) in [5, 5.41) is 2.57. The highest BCUT2D eigenvalue weighted by molar-refractivity contribution is 5.83.